The molecule has 0 aliphatic heterocycles. The molecule has 0 N–H and O–H groups in total. The van der Waals surface area contributed by atoms with Crippen molar-refractivity contribution in [1.82, 2.24) is 3.94 Å². The monoisotopic (exact) mass is 257 g/mol. The van der Waals surface area contributed by atoms with Crippen molar-refractivity contribution in [3.63, 3.8) is 0 Å². The maximum absolute atomic E-state index is 10.1. The standard InChI is InChI=1S/C5H11Cl2NO3S.Na/c6-8(7)4-2-1-3-5-12(9,10)11;/h1-5H2,(H,9,10,11);/q;+1/p-1. The third-order valence-electron chi connectivity index (χ3n) is 1.22. The second kappa shape index (κ2) is 8.73. The van der Waals surface area contributed by atoms with Gasteiger partial charge < -0.3 is 4.55 Å². The van der Waals surface area contributed by atoms with E-state index in [0.29, 0.717) is 25.8 Å². The Morgan fingerprint density at radius 3 is 2.08 bits per heavy atom. The van der Waals surface area contributed by atoms with Gasteiger partial charge in [-0.05, 0) is 36.4 Å². The number of nitrogens with zero attached hydrogens (tertiary/aromatic N) is 1. The normalized spacial score (nSPS) is 11.4. The minimum atomic E-state index is -4.05. The molecule has 0 unspecified atom stereocenters. The second-order valence-electron chi connectivity index (χ2n) is 2.35. The molecule has 0 heterocycles. The van der Waals surface area contributed by atoms with Crippen LogP contribution in [0.2, 0.25) is 0 Å². The number of halogens is 2. The van der Waals surface area contributed by atoms with Crippen LogP contribution in [0.3, 0.4) is 0 Å². The van der Waals surface area contributed by atoms with Crippen LogP contribution in [0.5, 0.6) is 0 Å². The molecule has 13 heavy (non-hydrogen) atoms. The molecule has 0 saturated heterocycles. The van der Waals surface area contributed by atoms with Crippen molar-refractivity contribution in [2.75, 3.05) is 12.3 Å². The fourth-order valence-electron chi connectivity index (χ4n) is 0.687. The van der Waals surface area contributed by atoms with Crippen LogP contribution in [0.4, 0.5) is 0 Å². The Hall–Kier alpha value is 1.45. The van der Waals surface area contributed by atoms with Gasteiger partial charge in [0.1, 0.15) is 0 Å². The molecule has 0 atom stereocenters. The van der Waals surface area contributed by atoms with E-state index in [-0.39, 0.29) is 35.3 Å². The summed E-state index contributed by atoms with van der Waals surface area (Å²) in [5.74, 6) is -0.308. The first-order chi connectivity index (χ1) is 5.42. The van der Waals surface area contributed by atoms with Gasteiger partial charge in [0.2, 0.25) is 0 Å². The predicted molar refractivity (Wildman–Crippen MR) is 46.8 cm³/mol. The van der Waals surface area contributed by atoms with E-state index in [0.717, 1.165) is 3.94 Å². The molecule has 0 aliphatic carbocycles. The Balaban J connectivity index is 0. The van der Waals surface area contributed by atoms with Crippen molar-refractivity contribution < 1.29 is 42.5 Å². The molecule has 0 spiro atoms. The van der Waals surface area contributed by atoms with Gasteiger partial charge in [0.25, 0.3) is 0 Å². The topological polar surface area (TPSA) is 60.4 Å². The van der Waals surface area contributed by atoms with Crippen LogP contribution in [0.1, 0.15) is 19.3 Å². The third kappa shape index (κ3) is 16.1. The molecule has 8 heteroatoms. The molecule has 0 aromatic heterocycles. The first-order valence-corrected chi connectivity index (χ1v) is 5.70. The van der Waals surface area contributed by atoms with Crippen molar-refractivity contribution in [3.05, 3.63) is 0 Å². The van der Waals surface area contributed by atoms with Gasteiger partial charge in [-0.25, -0.2) is 8.42 Å². The molecule has 0 amide bonds. The van der Waals surface area contributed by atoms with Gasteiger partial charge >= 0.3 is 29.6 Å². The number of hydrogen-bond acceptors (Lipinski definition) is 4. The summed E-state index contributed by atoms with van der Waals surface area (Å²) in [5, 5.41) is 0. The van der Waals surface area contributed by atoms with Crippen LogP contribution in [-0.2, 0) is 10.1 Å². The summed E-state index contributed by atoms with van der Waals surface area (Å²) in [4.78, 5) is 0. The molecule has 0 saturated carbocycles. The van der Waals surface area contributed by atoms with Gasteiger partial charge in [-0.3, -0.25) is 0 Å². The zero-order chi connectivity index (χ0) is 9.61. The fraction of sp³-hybridized carbons (Fsp3) is 1.00. The summed E-state index contributed by atoms with van der Waals surface area (Å²) in [6.07, 6.45) is 1.69. The third-order valence-corrected chi connectivity index (χ3v) is 2.35. The summed E-state index contributed by atoms with van der Waals surface area (Å²) in [6.45, 7) is 0.474. The average molecular weight is 258 g/mol. The van der Waals surface area contributed by atoms with E-state index in [9.17, 15) is 13.0 Å². The minimum absolute atomic E-state index is 0. The molecule has 4 nitrogen and oxygen atoms in total. The van der Waals surface area contributed by atoms with Gasteiger partial charge in [0.15, 0.2) is 0 Å². The molecular formula is C5H10Cl2NNaO3S. The molecule has 0 aliphatic rings. The summed E-state index contributed by atoms with van der Waals surface area (Å²) in [5.41, 5.74) is 0. The van der Waals surface area contributed by atoms with E-state index < -0.39 is 10.1 Å². The van der Waals surface area contributed by atoms with E-state index in [1.165, 1.54) is 0 Å². The minimum Gasteiger partial charge on any atom is -0.748 e. The Morgan fingerprint density at radius 2 is 1.69 bits per heavy atom. The second-order valence-corrected chi connectivity index (χ2v) is 4.86. The molecule has 0 aromatic carbocycles. The fourth-order valence-corrected chi connectivity index (χ4v) is 1.48. The number of unbranched alkanes of at least 4 members (excludes halogenated alkanes) is 2. The van der Waals surface area contributed by atoms with Crippen molar-refractivity contribution in [2.24, 2.45) is 0 Å². The number of hydrogen-bond donors (Lipinski definition) is 0. The molecule has 0 rings (SSSR count). The van der Waals surface area contributed by atoms with Gasteiger partial charge in [-0.15, -0.1) is 3.94 Å². The van der Waals surface area contributed by atoms with E-state index in [4.69, 9.17) is 23.6 Å². The van der Waals surface area contributed by atoms with Crippen LogP contribution in [0.25, 0.3) is 0 Å². The molecule has 0 radical (unpaired) electrons. The molecule has 0 bridgehead atoms. The first kappa shape index (κ1) is 16.9. The number of rotatable bonds is 6. The SMILES string of the molecule is O=S(=O)([O-])CCCCCN(Cl)Cl.[Na+]. The zero-order valence-electron chi connectivity index (χ0n) is 7.37. The van der Waals surface area contributed by atoms with E-state index >= 15 is 0 Å². The maximum atomic E-state index is 10.1. The summed E-state index contributed by atoms with van der Waals surface area (Å²) in [6, 6.07) is 0. The smallest absolute Gasteiger partial charge is 0.748 e. The Labute approximate surface area is 111 Å². The van der Waals surface area contributed by atoms with Crippen molar-refractivity contribution >= 4 is 33.7 Å². The maximum Gasteiger partial charge on any atom is 1.00 e. The van der Waals surface area contributed by atoms with Gasteiger partial charge in [0.05, 0.1) is 10.1 Å². The van der Waals surface area contributed by atoms with Crippen LogP contribution in [0, 0.1) is 0 Å². The van der Waals surface area contributed by atoms with Crippen molar-refractivity contribution in [3.8, 4) is 0 Å². The zero-order valence-corrected chi connectivity index (χ0v) is 11.7. The Bertz CT molecular complexity index is 210. The Morgan fingerprint density at radius 1 is 1.15 bits per heavy atom. The Kier molecular flexibility index (Phi) is 11.3. The van der Waals surface area contributed by atoms with Crippen LogP contribution < -0.4 is 29.6 Å². The van der Waals surface area contributed by atoms with E-state index in [1.54, 1.807) is 0 Å². The van der Waals surface area contributed by atoms with Crippen molar-refractivity contribution in [2.45, 2.75) is 19.3 Å². The van der Waals surface area contributed by atoms with Crippen molar-refractivity contribution in [1.29, 1.82) is 0 Å². The molecular weight excluding hydrogens is 248 g/mol. The summed E-state index contributed by atoms with van der Waals surface area (Å²) < 4.78 is 31.3. The van der Waals surface area contributed by atoms with E-state index in [2.05, 4.69) is 0 Å². The van der Waals surface area contributed by atoms with Crippen LogP contribution >= 0.6 is 23.6 Å². The summed E-state index contributed by atoms with van der Waals surface area (Å²) >= 11 is 10.5. The molecule has 0 aromatic rings. The van der Waals surface area contributed by atoms with Gasteiger partial charge in [-0.1, -0.05) is 6.42 Å². The largest absolute Gasteiger partial charge is 1.00 e. The molecule has 0 fully saturated rings. The van der Waals surface area contributed by atoms with Crippen LogP contribution in [0.15, 0.2) is 0 Å². The van der Waals surface area contributed by atoms with Crippen LogP contribution in [-0.4, -0.2) is 29.2 Å². The van der Waals surface area contributed by atoms with Gasteiger partial charge in [-0.2, -0.15) is 0 Å². The average Bonchev–Trinajstić information content (AvgIpc) is 1.83. The van der Waals surface area contributed by atoms with E-state index in [1.807, 2.05) is 0 Å². The molecule has 74 valence electrons. The summed E-state index contributed by atoms with van der Waals surface area (Å²) in [7, 11) is -4.05. The quantitative estimate of drug-likeness (QED) is 0.247. The first-order valence-electron chi connectivity index (χ1n) is 3.44. The predicted octanol–water partition coefficient (Wildman–Crippen LogP) is -1.68. The van der Waals surface area contributed by atoms with Gasteiger partial charge in [0, 0.05) is 12.3 Å².